The third-order valence-electron chi connectivity index (χ3n) is 2.31. The lowest BCUT2D eigenvalue weighted by atomic mass is 10.3. The molecular weight excluding hydrogens is 267 g/mol. The molecule has 19 heavy (non-hydrogen) atoms. The van der Waals surface area contributed by atoms with Crippen LogP contribution in [0, 0.1) is 5.82 Å². The maximum absolute atomic E-state index is 12.7. The molecule has 1 rings (SSSR count). The number of amides is 2. The molecule has 0 aliphatic heterocycles. The zero-order valence-corrected chi connectivity index (χ0v) is 11.7. The summed E-state index contributed by atoms with van der Waals surface area (Å²) in [5, 5.41) is 5.05. The number of thioether (sulfide) groups is 1. The van der Waals surface area contributed by atoms with Crippen molar-refractivity contribution in [3.05, 3.63) is 30.1 Å². The number of hydrogen-bond acceptors (Lipinski definition) is 3. The number of hydrogen-bond donors (Lipinski definition) is 2. The standard InChI is InChI=1S/C13H17FN2O2S/c1-3-15-13(18)9(2)19-8-12(17)16-11-6-4-10(14)5-7-11/h4-7,9H,3,8H2,1-2H3,(H,15,18)(H,16,17). The van der Waals surface area contributed by atoms with Crippen LogP contribution in [0.4, 0.5) is 10.1 Å². The average Bonchev–Trinajstić information content (AvgIpc) is 2.39. The first-order valence-electron chi connectivity index (χ1n) is 5.97. The van der Waals surface area contributed by atoms with Gasteiger partial charge in [0.05, 0.1) is 11.0 Å². The minimum Gasteiger partial charge on any atom is -0.355 e. The Bertz CT molecular complexity index is 437. The summed E-state index contributed by atoms with van der Waals surface area (Å²) in [6, 6.07) is 5.54. The van der Waals surface area contributed by atoms with Gasteiger partial charge in [-0.15, -0.1) is 11.8 Å². The minimum absolute atomic E-state index is 0.0814. The molecule has 2 amide bonds. The Morgan fingerprint density at radius 1 is 1.32 bits per heavy atom. The van der Waals surface area contributed by atoms with Crippen molar-refractivity contribution in [3.63, 3.8) is 0 Å². The third kappa shape index (κ3) is 5.74. The first kappa shape index (κ1) is 15.5. The zero-order chi connectivity index (χ0) is 14.3. The summed E-state index contributed by atoms with van der Waals surface area (Å²) in [4.78, 5) is 23.1. The number of benzene rings is 1. The quantitative estimate of drug-likeness (QED) is 0.840. The van der Waals surface area contributed by atoms with Gasteiger partial charge in [0.1, 0.15) is 5.82 Å². The van der Waals surface area contributed by atoms with Crippen molar-refractivity contribution in [1.82, 2.24) is 5.32 Å². The van der Waals surface area contributed by atoms with E-state index in [0.29, 0.717) is 12.2 Å². The van der Waals surface area contributed by atoms with Gasteiger partial charge in [-0.2, -0.15) is 0 Å². The summed E-state index contributed by atoms with van der Waals surface area (Å²) >= 11 is 1.26. The molecule has 6 heteroatoms. The minimum atomic E-state index is -0.350. The lowest BCUT2D eigenvalue weighted by Gasteiger charge is -2.10. The summed E-state index contributed by atoms with van der Waals surface area (Å²) < 4.78 is 12.7. The molecule has 1 aromatic rings. The Morgan fingerprint density at radius 2 is 1.95 bits per heavy atom. The molecule has 1 aromatic carbocycles. The predicted molar refractivity (Wildman–Crippen MR) is 75.6 cm³/mol. The highest BCUT2D eigenvalue weighted by Crippen LogP contribution is 2.12. The number of rotatable bonds is 6. The first-order chi connectivity index (χ1) is 9.02. The van der Waals surface area contributed by atoms with Crippen LogP contribution in [0.25, 0.3) is 0 Å². The van der Waals surface area contributed by atoms with Crippen LogP contribution >= 0.6 is 11.8 Å². The molecule has 0 aromatic heterocycles. The highest BCUT2D eigenvalue weighted by atomic mass is 32.2. The Hall–Kier alpha value is -1.56. The molecule has 0 spiro atoms. The van der Waals surface area contributed by atoms with E-state index in [4.69, 9.17) is 0 Å². The van der Waals surface area contributed by atoms with Crippen molar-refractivity contribution < 1.29 is 14.0 Å². The van der Waals surface area contributed by atoms with E-state index >= 15 is 0 Å². The molecule has 0 fully saturated rings. The van der Waals surface area contributed by atoms with E-state index in [-0.39, 0.29) is 28.6 Å². The third-order valence-corrected chi connectivity index (χ3v) is 3.46. The molecule has 0 aliphatic carbocycles. The van der Waals surface area contributed by atoms with Crippen molar-refractivity contribution >= 4 is 29.3 Å². The molecule has 0 aliphatic rings. The molecule has 104 valence electrons. The number of anilines is 1. The second-order valence-electron chi connectivity index (χ2n) is 3.90. The molecule has 1 atom stereocenters. The summed E-state index contributed by atoms with van der Waals surface area (Å²) in [6.07, 6.45) is 0. The molecule has 0 bridgehead atoms. The van der Waals surface area contributed by atoms with E-state index in [2.05, 4.69) is 10.6 Å². The Balaban J connectivity index is 2.35. The van der Waals surface area contributed by atoms with Crippen LogP contribution in [0.15, 0.2) is 24.3 Å². The van der Waals surface area contributed by atoms with Gasteiger partial charge in [0, 0.05) is 12.2 Å². The number of carbonyl (C=O) groups is 2. The van der Waals surface area contributed by atoms with Gasteiger partial charge >= 0.3 is 0 Å². The van der Waals surface area contributed by atoms with E-state index in [0.717, 1.165) is 0 Å². The number of nitrogens with one attached hydrogen (secondary N) is 2. The molecule has 2 N–H and O–H groups in total. The molecule has 0 radical (unpaired) electrons. The summed E-state index contributed by atoms with van der Waals surface area (Å²) in [5.41, 5.74) is 0.540. The van der Waals surface area contributed by atoms with Gasteiger partial charge in [0.2, 0.25) is 11.8 Å². The van der Waals surface area contributed by atoms with Crippen LogP contribution in [0.3, 0.4) is 0 Å². The monoisotopic (exact) mass is 284 g/mol. The molecule has 0 saturated heterocycles. The maximum Gasteiger partial charge on any atom is 0.234 e. The predicted octanol–water partition coefficient (Wildman–Crippen LogP) is 2.02. The topological polar surface area (TPSA) is 58.2 Å². The van der Waals surface area contributed by atoms with Gasteiger partial charge in [-0.05, 0) is 38.1 Å². The highest BCUT2D eigenvalue weighted by Gasteiger charge is 2.14. The van der Waals surface area contributed by atoms with Crippen LogP contribution in [0.1, 0.15) is 13.8 Å². The van der Waals surface area contributed by atoms with Crippen molar-refractivity contribution in [2.24, 2.45) is 0 Å². The Labute approximate surface area is 116 Å². The van der Waals surface area contributed by atoms with E-state index in [1.54, 1.807) is 6.92 Å². The van der Waals surface area contributed by atoms with Gasteiger partial charge in [-0.25, -0.2) is 4.39 Å². The zero-order valence-electron chi connectivity index (χ0n) is 10.9. The average molecular weight is 284 g/mol. The Morgan fingerprint density at radius 3 is 2.53 bits per heavy atom. The fourth-order valence-corrected chi connectivity index (χ4v) is 2.03. The fourth-order valence-electron chi connectivity index (χ4n) is 1.32. The number of halogens is 1. The highest BCUT2D eigenvalue weighted by molar-refractivity contribution is 8.01. The molecular formula is C13H17FN2O2S. The number of carbonyl (C=O) groups excluding carboxylic acids is 2. The molecule has 0 saturated carbocycles. The molecule has 0 heterocycles. The molecule has 4 nitrogen and oxygen atoms in total. The van der Waals surface area contributed by atoms with E-state index in [1.807, 2.05) is 6.92 Å². The SMILES string of the molecule is CCNC(=O)C(C)SCC(=O)Nc1ccc(F)cc1. The van der Waals surface area contributed by atoms with Crippen LogP contribution in [0.2, 0.25) is 0 Å². The van der Waals surface area contributed by atoms with E-state index < -0.39 is 0 Å². The maximum atomic E-state index is 12.7. The van der Waals surface area contributed by atoms with Gasteiger partial charge < -0.3 is 10.6 Å². The van der Waals surface area contributed by atoms with Crippen LogP contribution in [-0.2, 0) is 9.59 Å². The van der Waals surface area contributed by atoms with Crippen molar-refractivity contribution in [2.75, 3.05) is 17.6 Å². The van der Waals surface area contributed by atoms with E-state index in [9.17, 15) is 14.0 Å². The molecule has 1 unspecified atom stereocenters. The summed E-state index contributed by atoms with van der Waals surface area (Å²) in [5.74, 6) is -0.470. The van der Waals surface area contributed by atoms with Crippen molar-refractivity contribution in [3.8, 4) is 0 Å². The second kappa shape index (κ2) is 7.78. The van der Waals surface area contributed by atoms with Crippen LogP contribution in [0.5, 0.6) is 0 Å². The lowest BCUT2D eigenvalue weighted by molar-refractivity contribution is -0.120. The summed E-state index contributed by atoms with van der Waals surface area (Å²) in [6.45, 7) is 4.17. The fraction of sp³-hybridized carbons (Fsp3) is 0.385. The van der Waals surface area contributed by atoms with Gasteiger partial charge in [-0.3, -0.25) is 9.59 Å². The van der Waals surface area contributed by atoms with Gasteiger partial charge in [0.15, 0.2) is 0 Å². The van der Waals surface area contributed by atoms with E-state index in [1.165, 1.54) is 36.0 Å². The first-order valence-corrected chi connectivity index (χ1v) is 7.02. The smallest absolute Gasteiger partial charge is 0.234 e. The van der Waals surface area contributed by atoms with Crippen LogP contribution < -0.4 is 10.6 Å². The lowest BCUT2D eigenvalue weighted by Crippen LogP contribution is -2.31. The largest absolute Gasteiger partial charge is 0.355 e. The normalized spacial score (nSPS) is 11.7. The van der Waals surface area contributed by atoms with Gasteiger partial charge in [-0.1, -0.05) is 0 Å². The van der Waals surface area contributed by atoms with Crippen molar-refractivity contribution in [1.29, 1.82) is 0 Å². The van der Waals surface area contributed by atoms with Crippen LogP contribution in [-0.4, -0.2) is 29.4 Å². The Kier molecular flexibility index (Phi) is 6.35. The van der Waals surface area contributed by atoms with Gasteiger partial charge in [0.25, 0.3) is 0 Å². The second-order valence-corrected chi connectivity index (χ2v) is 5.23. The van der Waals surface area contributed by atoms with Crippen molar-refractivity contribution in [2.45, 2.75) is 19.1 Å². The summed E-state index contributed by atoms with van der Waals surface area (Å²) in [7, 11) is 0.